The smallest absolute Gasteiger partial charge is 0.408 e. The second kappa shape index (κ2) is 11.5. The average molecular weight is 556 g/mol. The molecule has 0 bridgehead atoms. The van der Waals surface area contributed by atoms with E-state index in [1.54, 1.807) is 43.8 Å². The lowest BCUT2D eigenvalue weighted by Gasteiger charge is -2.27. The van der Waals surface area contributed by atoms with Crippen molar-refractivity contribution in [3.05, 3.63) is 72.1 Å². The molecule has 2 heterocycles. The minimum Gasteiger partial charge on any atom is -0.444 e. The van der Waals surface area contributed by atoms with Gasteiger partial charge in [0.2, 0.25) is 5.91 Å². The number of amides is 2. The predicted octanol–water partition coefficient (Wildman–Crippen LogP) is 6.48. The number of fused-ring (bicyclic) bond motifs is 1. The Labute approximate surface area is 240 Å². The fourth-order valence-corrected chi connectivity index (χ4v) is 4.52. The monoisotopic (exact) mass is 555 g/mol. The van der Waals surface area contributed by atoms with Gasteiger partial charge in [0, 0.05) is 23.0 Å². The van der Waals surface area contributed by atoms with Crippen LogP contribution in [0.25, 0.3) is 27.8 Å². The number of carbonyl (C=O) groups is 3. The van der Waals surface area contributed by atoms with Crippen LogP contribution in [0, 0.1) is 12.3 Å². The molecule has 0 unspecified atom stereocenters. The first-order valence-electron chi connectivity index (χ1n) is 13.5. The van der Waals surface area contributed by atoms with E-state index in [4.69, 9.17) is 9.84 Å². The third-order valence-corrected chi connectivity index (χ3v) is 6.31. The molecule has 0 saturated heterocycles. The number of ether oxygens (including phenoxy) is 1. The van der Waals surface area contributed by atoms with E-state index in [1.807, 2.05) is 70.3 Å². The number of benzene rings is 2. The maximum absolute atomic E-state index is 13.3. The molecule has 4 rings (SSSR count). The van der Waals surface area contributed by atoms with Crippen LogP contribution >= 0.6 is 0 Å². The Morgan fingerprint density at radius 2 is 1.71 bits per heavy atom. The van der Waals surface area contributed by atoms with Crippen LogP contribution in [0.1, 0.15) is 63.9 Å². The third kappa shape index (κ3) is 7.57. The molecular weight excluding hydrogens is 518 g/mol. The van der Waals surface area contributed by atoms with Crippen molar-refractivity contribution in [2.24, 2.45) is 5.41 Å². The number of nitrogens with zero attached hydrogens (tertiary/aromatic N) is 3. The lowest BCUT2D eigenvalue weighted by atomic mass is 9.87. The molecule has 41 heavy (non-hydrogen) atoms. The Kier molecular flexibility index (Phi) is 8.28. The molecule has 0 saturated carbocycles. The summed E-state index contributed by atoms with van der Waals surface area (Å²) in [6.45, 7) is 13.4. The largest absolute Gasteiger partial charge is 0.444 e. The number of aromatic nitrogens is 3. The summed E-state index contributed by atoms with van der Waals surface area (Å²) < 4.78 is 7.13. The molecule has 214 valence electrons. The fourth-order valence-electron chi connectivity index (χ4n) is 4.52. The van der Waals surface area contributed by atoms with Crippen molar-refractivity contribution in [1.82, 2.24) is 20.1 Å². The summed E-state index contributed by atoms with van der Waals surface area (Å²) in [6.07, 6.45) is 4.21. The summed E-state index contributed by atoms with van der Waals surface area (Å²) in [5, 5.41) is 10.5. The van der Waals surface area contributed by atoms with Crippen molar-refractivity contribution in [3.8, 4) is 16.8 Å². The maximum atomic E-state index is 13.3. The van der Waals surface area contributed by atoms with Gasteiger partial charge in [0.15, 0.2) is 0 Å². The lowest BCUT2D eigenvalue weighted by molar-refractivity contribution is -0.118. The third-order valence-electron chi connectivity index (χ3n) is 6.31. The van der Waals surface area contributed by atoms with E-state index in [2.05, 4.69) is 15.6 Å². The first-order valence-corrected chi connectivity index (χ1v) is 13.5. The molecule has 9 nitrogen and oxygen atoms in total. The standard InChI is InChI=1S/C32H37N5O4/c1-20-16-22(34-29(39)26(17-31(2,3)4)35-30(40)41-32(5,6)7)10-13-24(20)25-14-15-33-27-18-37(36-28(25)27)23-11-8-21(19-38)9-12-23/h8-16,18-19,26H,17H2,1-7H3,(H,34,39)(H,35,40)/t26-/m1/s1. The molecule has 2 aromatic carbocycles. The van der Waals surface area contributed by atoms with Crippen LogP contribution in [0.3, 0.4) is 0 Å². The van der Waals surface area contributed by atoms with Gasteiger partial charge in [0.1, 0.15) is 29.0 Å². The summed E-state index contributed by atoms with van der Waals surface area (Å²) in [4.78, 5) is 41.2. The second-order valence-electron chi connectivity index (χ2n) is 12.4. The van der Waals surface area contributed by atoms with Gasteiger partial charge < -0.3 is 15.4 Å². The van der Waals surface area contributed by atoms with Crippen molar-refractivity contribution in [3.63, 3.8) is 0 Å². The zero-order valence-corrected chi connectivity index (χ0v) is 24.6. The van der Waals surface area contributed by atoms with Crippen molar-refractivity contribution in [2.45, 2.75) is 66.5 Å². The van der Waals surface area contributed by atoms with Gasteiger partial charge in [-0.05, 0) is 93.1 Å². The maximum Gasteiger partial charge on any atom is 0.408 e. The van der Waals surface area contributed by atoms with E-state index in [0.717, 1.165) is 39.7 Å². The molecule has 9 heteroatoms. The van der Waals surface area contributed by atoms with Crippen LogP contribution in [-0.2, 0) is 9.53 Å². The predicted molar refractivity (Wildman–Crippen MR) is 160 cm³/mol. The highest BCUT2D eigenvalue weighted by Crippen LogP contribution is 2.31. The Balaban J connectivity index is 1.57. The number of hydrogen-bond donors (Lipinski definition) is 2. The molecule has 2 N–H and O–H groups in total. The number of hydrogen-bond acceptors (Lipinski definition) is 6. The van der Waals surface area contributed by atoms with E-state index < -0.39 is 17.7 Å². The Hall–Kier alpha value is -4.53. The fraction of sp³-hybridized carbons (Fsp3) is 0.344. The molecule has 0 spiro atoms. The SMILES string of the molecule is Cc1cc(NC(=O)[C@@H](CC(C)(C)C)NC(=O)OC(C)(C)C)ccc1-c1ccnc2cn(-c3ccc(C=O)cc3)nc12. The summed E-state index contributed by atoms with van der Waals surface area (Å²) >= 11 is 0. The number of rotatable bonds is 7. The van der Waals surface area contributed by atoms with Gasteiger partial charge >= 0.3 is 6.09 Å². The van der Waals surface area contributed by atoms with E-state index in [1.165, 1.54) is 0 Å². The van der Waals surface area contributed by atoms with Gasteiger partial charge in [-0.15, -0.1) is 0 Å². The zero-order chi connectivity index (χ0) is 29.9. The van der Waals surface area contributed by atoms with Gasteiger partial charge in [-0.3, -0.25) is 14.6 Å². The van der Waals surface area contributed by atoms with E-state index in [0.29, 0.717) is 17.7 Å². The molecule has 0 aliphatic rings. The Bertz CT molecular complexity index is 1580. The van der Waals surface area contributed by atoms with Crippen LogP contribution in [-0.4, -0.2) is 44.7 Å². The van der Waals surface area contributed by atoms with Gasteiger partial charge in [0.25, 0.3) is 0 Å². The van der Waals surface area contributed by atoms with Crippen molar-refractivity contribution < 1.29 is 19.1 Å². The van der Waals surface area contributed by atoms with Crippen molar-refractivity contribution in [2.75, 3.05) is 5.32 Å². The molecule has 1 atom stereocenters. The molecule has 0 aliphatic carbocycles. The Morgan fingerprint density at radius 3 is 2.32 bits per heavy atom. The Morgan fingerprint density at radius 1 is 1.00 bits per heavy atom. The number of aryl methyl sites for hydroxylation is 1. The normalized spacial score (nSPS) is 12.6. The first-order chi connectivity index (χ1) is 19.2. The van der Waals surface area contributed by atoms with Crippen LogP contribution in [0.15, 0.2) is 60.9 Å². The molecule has 0 radical (unpaired) electrons. The van der Waals surface area contributed by atoms with Gasteiger partial charge in [-0.25, -0.2) is 9.48 Å². The van der Waals surface area contributed by atoms with Gasteiger partial charge in [-0.2, -0.15) is 5.10 Å². The molecule has 0 aliphatic heterocycles. The summed E-state index contributed by atoms with van der Waals surface area (Å²) in [6, 6.07) is 14.0. The van der Waals surface area contributed by atoms with Gasteiger partial charge in [-0.1, -0.05) is 26.8 Å². The minimum atomic E-state index is -0.769. The van der Waals surface area contributed by atoms with Crippen molar-refractivity contribution >= 4 is 35.0 Å². The average Bonchev–Trinajstić information content (AvgIpc) is 3.31. The summed E-state index contributed by atoms with van der Waals surface area (Å²) in [5.41, 5.74) is 5.42. The number of nitrogens with one attached hydrogen (secondary N) is 2. The molecule has 4 aromatic rings. The number of carbonyl (C=O) groups excluding carboxylic acids is 3. The highest BCUT2D eigenvalue weighted by atomic mass is 16.6. The summed E-state index contributed by atoms with van der Waals surface area (Å²) in [5.74, 6) is -0.316. The van der Waals surface area contributed by atoms with E-state index in [-0.39, 0.29) is 11.3 Å². The quantitative estimate of drug-likeness (QED) is 0.252. The van der Waals surface area contributed by atoms with Crippen LogP contribution < -0.4 is 10.6 Å². The van der Waals surface area contributed by atoms with Crippen molar-refractivity contribution in [1.29, 1.82) is 0 Å². The second-order valence-corrected chi connectivity index (χ2v) is 12.4. The van der Waals surface area contributed by atoms with E-state index >= 15 is 0 Å². The van der Waals surface area contributed by atoms with Crippen LogP contribution in [0.4, 0.5) is 10.5 Å². The molecule has 0 fully saturated rings. The highest BCUT2D eigenvalue weighted by Gasteiger charge is 2.29. The van der Waals surface area contributed by atoms with Crippen LogP contribution in [0.5, 0.6) is 0 Å². The first kappa shape index (κ1) is 29.5. The van der Waals surface area contributed by atoms with Crippen LogP contribution in [0.2, 0.25) is 0 Å². The molecule has 2 amide bonds. The topological polar surface area (TPSA) is 115 Å². The summed E-state index contributed by atoms with van der Waals surface area (Å²) in [7, 11) is 0. The van der Waals surface area contributed by atoms with Gasteiger partial charge in [0.05, 0.1) is 11.9 Å². The zero-order valence-electron chi connectivity index (χ0n) is 24.6. The number of aldehydes is 1. The lowest BCUT2D eigenvalue weighted by Crippen LogP contribution is -2.47. The highest BCUT2D eigenvalue weighted by molar-refractivity contribution is 5.98. The minimum absolute atomic E-state index is 0.205. The number of alkyl carbamates (subject to hydrolysis) is 1. The number of pyridine rings is 1. The molecule has 2 aromatic heterocycles. The number of anilines is 1. The molecular formula is C32H37N5O4. The van der Waals surface area contributed by atoms with E-state index in [9.17, 15) is 14.4 Å².